The number of azo groups is 1. The number of fused-ring (bicyclic) bond motifs is 1. The molecule has 0 amide bonds. The highest BCUT2D eigenvalue weighted by Crippen LogP contribution is 2.28. The summed E-state index contributed by atoms with van der Waals surface area (Å²) in [5.41, 5.74) is 8.34. The van der Waals surface area contributed by atoms with Gasteiger partial charge in [0.15, 0.2) is 0 Å². The zero-order valence-electron chi connectivity index (χ0n) is 10.3. The third-order valence-corrected chi connectivity index (χ3v) is 2.92. The van der Waals surface area contributed by atoms with Crippen molar-refractivity contribution < 1.29 is 0 Å². The van der Waals surface area contributed by atoms with Crippen LogP contribution in [0, 0.1) is 0 Å². The summed E-state index contributed by atoms with van der Waals surface area (Å²) in [7, 11) is 0. The number of benzene rings is 3. The maximum atomic E-state index is 6.02. The van der Waals surface area contributed by atoms with E-state index in [1.54, 1.807) is 0 Å². The fraction of sp³-hybridized carbons (Fsp3) is 0. The summed E-state index contributed by atoms with van der Waals surface area (Å²) in [4.78, 5) is 0. The molecule has 0 bridgehead atoms. The molecule has 2 N–H and O–H groups in total. The number of rotatable bonds is 2. The quantitative estimate of drug-likeness (QED) is 0.511. The molecule has 19 heavy (non-hydrogen) atoms. The number of hydrogen-bond donors (Lipinski definition) is 1. The lowest BCUT2D eigenvalue weighted by atomic mass is 10.1. The first-order valence-corrected chi connectivity index (χ1v) is 6.08. The van der Waals surface area contributed by atoms with Gasteiger partial charge < -0.3 is 5.73 Å². The monoisotopic (exact) mass is 247 g/mol. The van der Waals surface area contributed by atoms with Gasteiger partial charge in [0.05, 0.1) is 11.4 Å². The van der Waals surface area contributed by atoms with Gasteiger partial charge in [-0.25, -0.2) is 0 Å². The van der Waals surface area contributed by atoms with E-state index in [1.165, 1.54) is 0 Å². The lowest BCUT2D eigenvalue weighted by Gasteiger charge is -2.02. The average molecular weight is 247 g/mol. The van der Waals surface area contributed by atoms with Crippen molar-refractivity contribution in [3.05, 3.63) is 66.7 Å². The predicted octanol–water partition coefficient (Wildman–Crippen LogP) is 4.84. The predicted molar refractivity (Wildman–Crippen MR) is 79.0 cm³/mol. The molecule has 0 aliphatic rings. The van der Waals surface area contributed by atoms with Gasteiger partial charge in [-0.2, -0.15) is 10.2 Å². The topological polar surface area (TPSA) is 50.7 Å². The van der Waals surface area contributed by atoms with Gasteiger partial charge in [0.2, 0.25) is 0 Å². The van der Waals surface area contributed by atoms with E-state index < -0.39 is 0 Å². The Morgan fingerprint density at radius 1 is 0.684 bits per heavy atom. The van der Waals surface area contributed by atoms with Crippen molar-refractivity contribution in [2.75, 3.05) is 5.73 Å². The van der Waals surface area contributed by atoms with Gasteiger partial charge in [-0.3, -0.25) is 0 Å². The fourth-order valence-electron chi connectivity index (χ4n) is 1.99. The van der Waals surface area contributed by atoms with Crippen molar-refractivity contribution in [1.29, 1.82) is 0 Å². The van der Waals surface area contributed by atoms with E-state index in [9.17, 15) is 0 Å². The summed E-state index contributed by atoms with van der Waals surface area (Å²) in [6, 6.07) is 21.5. The average Bonchev–Trinajstić information content (AvgIpc) is 2.46. The summed E-state index contributed by atoms with van der Waals surface area (Å²) in [6.45, 7) is 0. The van der Waals surface area contributed by atoms with Gasteiger partial charge >= 0.3 is 0 Å². The number of nitrogen functional groups attached to an aromatic ring is 1. The molecule has 0 fully saturated rings. The Labute approximate surface area is 111 Å². The van der Waals surface area contributed by atoms with Crippen LogP contribution in [0.5, 0.6) is 0 Å². The molecular formula is C16H13N3. The lowest BCUT2D eigenvalue weighted by Crippen LogP contribution is -1.85. The number of hydrogen-bond acceptors (Lipinski definition) is 3. The minimum absolute atomic E-state index is 0.722. The van der Waals surface area contributed by atoms with Crippen LogP contribution in [-0.4, -0.2) is 0 Å². The maximum absolute atomic E-state index is 6.02. The SMILES string of the molecule is Nc1cc(N=Nc2ccccc2)cc2ccccc12. The molecule has 0 saturated heterocycles. The number of anilines is 1. The van der Waals surface area contributed by atoms with E-state index in [4.69, 9.17) is 5.73 Å². The second-order valence-corrected chi connectivity index (χ2v) is 4.29. The van der Waals surface area contributed by atoms with Crippen LogP contribution in [0.3, 0.4) is 0 Å². The van der Waals surface area contributed by atoms with Gasteiger partial charge in [0, 0.05) is 11.1 Å². The van der Waals surface area contributed by atoms with Crippen LogP contribution in [0.4, 0.5) is 17.1 Å². The third kappa shape index (κ3) is 2.45. The van der Waals surface area contributed by atoms with Crippen LogP contribution < -0.4 is 5.73 Å². The zero-order valence-corrected chi connectivity index (χ0v) is 10.3. The first kappa shape index (κ1) is 11.4. The van der Waals surface area contributed by atoms with Crippen molar-refractivity contribution in [2.24, 2.45) is 10.2 Å². The van der Waals surface area contributed by atoms with Gasteiger partial charge in [0.25, 0.3) is 0 Å². The molecule has 0 atom stereocenters. The molecule has 0 radical (unpaired) electrons. The van der Waals surface area contributed by atoms with E-state index in [2.05, 4.69) is 10.2 Å². The first-order valence-electron chi connectivity index (χ1n) is 6.08. The Morgan fingerprint density at radius 2 is 1.37 bits per heavy atom. The highest BCUT2D eigenvalue weighted by molar-refractivity contribution is 5.95. The van der Waals surface area contributed by atoms with E-state index in [1.807, 2.05) is 66.7 Å². The molecule has 3 aromatic carbocycles. The second kappa shape index (κ2) is 4.90. The number of nitrogens with zero attached hydrogens (tertiary/aromatic N) is 2. The highest BCUT2D eigenvalue weighted by Gasteiger charge is 2.00. The maximum Gasteiger partial charge on any atom is 0.0883 e. The van der Waals surface area contributed by atoms with Crippen LogP contribution in [0.1, 0.15) is 0 Å². The smallest absolute Gasteiger partial charge is 0.0883 e. The zero-order chi connectivity index (χ0) is 13.1. The van der Waals surface area contributed by atoms with Crippen LogP contribution in [0.2, 0.25) is 0 Å². The van der Waals surface area contributed by atoms with Crippen LogP contribution in [0.25, 0.3) is 10.8 Å². The summed E-state index contributed by atoms with van der Waals surface area (Å²) in [6.07, 6.45) is 0. The van der Waals surface area contributed by atoms with Gasteiger partial charge in [-0.05, 0) is 29.7 Å². The summed E-state index contributed by atoms with van der Waals surface area (Å²) >= 11 is 0. The Morgan fingerprint density at radius 3 is 2.21 bits per heavy atom. The molecule has 3 aromatic rings. The standard InChI is InChI=1S/C16H13N3/c17-16-11-14(10-12-6-4-5-9-15(12)16)19-18-13-7-2-1-3-8-13/h1-11H,17H2. The first-order chi connectivity index (χ1) is 9.33. The Hall–Kier alpha value is -2.68. The molecule has 0 unspecified atom stereocenters. The molecule has 3 heteroatoms. The molecule has 0 aliphatic carbocycles. The van der Waals surface area contributed by atoms with Crippen LogP contribution in [-0.2, 0) is 0 Å². The van der Waals surface area contributed by atoms with E-state index >= 15 is 0 Å². The van der Waals surface area contributed by atoms with Crippen molar-refractivity contribution >= 4 is 27.8 Å². The minimum Gasteiger partial charge on any atom is -0.398 e. The van der Waals surface area contributed by atoms with E-state index in [0.29, 0.717) is 0 Å². The van der Waals surface area contributed by atoms with Gasteiger partial charge in [0.1, 0.15) is 0 Å². The van der Waals surface area contributed by atoms with Crippen molar-refractivity contribution in [3.8, 4) is 0 Å². The number of nitrogens with two attached hydrogens (primary N) is 1. The third-order valence-electron chi connectivity index (χ3n) is 2.92. The molecule has 0 aliphatic heterocycles. The second-order valence-electron chi connectivity index (χ2n) is 4.29. The molecule has 3 nitrogen and oxygen atoms in total. The Balaban J connectivity index is 2.00. The van der Waals surface area contributed by atoms with Crippen molar-refractivity contribution in [3.63, 3.8) is 0 Å². The lowest BCUT2D eigenvalue weighted by molar-refractivity contribution is 1.24. The molecule has 3 rings (SSSR count). The molecular weight excluding hydrogens is 234 g/mol. The van der Waals surface area contributed by atoms with E-state index in [-0.39, 0.29) is 0 Å². The van der Waals surface area contributed by atoms with Gasteiger partial charge in [-0.1, -0.05) is 42.5 Å². The molecule has 92 valence electrons. The Kier molecular flexibility index (Phi) is 2.94. The Bertz CT molecular complexity index is 733. The normalized spacial score (nSPS) is 11.2. The molecule has 0 aromatic heterocycles. The highest BCUT2D eigenvalue weighted by atomic mass is 15.1. The minimum atomic E-state index is 0.722. The molecule has 0 spiro atoms. The van der Waals surface area contributed by atoms with Crippen LogP contribution in [0.15, 0.2) is 77.0 Å². The molecule has 0 heterocycles. The summed E-state index contributed by atoms with van der Waals surface area (Å²) in [5.74, 6) is 0. The van der Waals surface area contributed by atoms with Gasteiger partial charge in [-0.15, -0.1) is 0 Å². The largest absolute Gasteiger partial charge is 0.398 e. The summed E-state index contributed by atoms with van der Waals surface area (Å²) < 4.78 is 0. The van der Waals surface area contributed by atoms with Crippen molar-refractivity contribution in [1.82, 2.24) is 0 Å². The van der Waals surface area contributed by atoms with E-state index in [0.717, 1.165) is 27.8 Å². The molecule has 0 saturated carbocycles. The fourth-order valence-corrected chi connectivity index (χ4v) is 1.99. The van der Waals surface area contributed by atoms with Crippen molar-refractivity contribution in [2.45, 2.75) is 0 Å². The summed E-state index contributed by atoms with van der Waals surface area (Å²) in [5, 5.41) is 10.5. The van der Waals surface area contributed by atoms with Crippen LogP contribution >= 0.6 is 0 Å².